The molecule has 0 amide bonds. The quantitative estimate of drug-likeness (QED) is 0.811. The van der Waals surface area contributed by atoms with Crippen LogP contribution in [-0.4, -0.2) is 56.9 Å². The van der Waals surface area contributed by atoms with Crippen LogP contribution in [-0.2, 0) is 0 Å². The van der Waals surface area contributed by atoms with Crippen LogP contribution in [0.1, 0.15) is 19.8 Å². The van der Waals surface area contributed by atoms with Crippen LogP contribution < -0.4 is 4.90 Å². The average Bonchev–Trinajstić information content (AvgIpc) is 3.06. The second kappa shape index (κ2) is 7.24. The van der Waals surface area contributed by atoms with E-state index in [4.69, 9.17) is 5.26 Å². The number of hydrogen-bond donors (Lipinski definition) is 0. The molecule has 0 unspecified atom stereocenters. The van der Waals surface area contributed by atoms with E-state index in [0.29, 0.717) is 18.9 Å². The molecule has 0 bridgehead atoms. The number of aromatic nitrogens is 4. The van der Waals surface area contributed by atoms with Crippen molar-refractivity contribution in [3.8, 4) is 12.1 Å². The molecular weight excluding hydrogens is 304 g/mol. The van der Waals surface area contributed by atoms with E-state index in [-0.39, 0.29) is 5.92 Å². The van der Waals surface area contributed by atoms with Crippen molar-refractivity contribution in [2.45, 2.75) is 25.8 Å². The second-order valence-electron chi connectivity index (χ2n) is 6.15. The predicted molar refractivity (Wildman–Crippen MR) is 88.0 cm³/mol. The number of nitrogens with zero attached hydrogens (tertiary/aromatic N) is 8. The van der Waals surface area contributed by atoms with Gasteiger partial charge in [0, 0.05) is 38.6 Å². The molecule has 124 valence electrons. The maximum Gasteiger partial charge on any atom is 0.177 e. The van der Waals surface area contributed by atoms with Crippen LogP contribution in [0.5, 0.6) is 0 Å². The van der Waals surface area contributed by atoms with Gasteiger partial charge in [0.05, 0.1) is 18.1 Å². The molecule has 3 heterocycles. The summed E-state index contributed by atoms with van der Waals surface area (Å²) in [7, 11) is 0. The van der Waals surface area contributed by atoms with Gasteiger partial charge >= 0.3 is 0 Å². The maximum absolute atomic E-state index is 9.24. The van der Waals surface area contributed by atoms with Gasteiger partial charge < -0.3 is 4.90 Å². The monoisotopic (exact) mass is 324 g/mol. The second-order valence-corrected chi connectivity index (χ2v) is 6.15. The first-order chi connectivity index (χ1) is 11.7. The Morgan fingerprint density at radius 3 is 2.96 bits per heavy atom. The average molecular weight is 324 g/mol. The van der Waals surface area contributed by atoms with Crippen molar-refractivity contribution in [2.24, 2.45) is 5.92 Å². The van der Waals surface area contributed by atoms with Crippen molar-refractivity contribution in [2.75, 3.05) is 31.1 Å². The van der Waals surface area contributed by atoms with Crippen molar-refractivity contribution < 1.29 is 0 Å². The number of fused-ring (bicyclic) bond motifs is 1. The van der Waals surface area contributed by atoms with E-state index in [2.05, 4.69) is 44.2 Å². The van der Waals surface area contributed by atoms with E-state index in [9.17, 15) is 5.26 Å². The molecule has 1 saturated heterocycles. The van der Waals surface area contributed by atoms with Crippen molar-refractivity contribution >= 4 is 11.5 Å². The molecule has 1 aliphatic heterocycles. The summed E-state index contributed by atoms with van der Waals surface area (Å²) >= 11 is 0. The molecule has 3 rings (SSSR count). The lowest BCUT2D eigenvalue weighted by Gasteiger charge is -2.41. The summed E-state index contributed by atoms with van der Waals surface area (Å²) in [5, 5.41) is 30.3. The molecule has 0 saturated carbocycles. The predicted octanol–water partition coefficient (Wildman–Crippen LogP) is 1.08. The standard InChI is InChI=1S/C16H20N8/c1-13-10-22(11-14(9-18)3-2-6-17)7-8-23(13)16-5-4-15-20-19-12-24(15)21-16/h4-5,12-14H,2-3,7-8,10-11H2,1H3/t13-,14-/m0/s1. The van der Waals surface area contributed by atoms with Crippen molar-refractivity contribution in [1.29, 1.82) is 10.5 Å². The van der Waals surface area contributed by atoms with Crippen LogP contribution in [0.15, 0.2) is 18.5 Å². The number of rotatable bonds is 5. The minimum absolute atomic E-state index is 0.0742. The summed E-state index contributed by atoms with van der Waals surface area (Å²) in [5.41, 5.74) is 0.736. The van der Waals surface area contributed by atoms with Crippen LogP contribution in [0.2, 0.25) is 0 Å². The lowest BCUT2D eigenvalue weighted by molar-refractivity contribution is 0.207. The zero-order chi connectivity index (χ0) is 16.9. The number of anilines is 1. The van der Waals surface area contributed by atoms with Crippen molar-refractivity contribution in [1.82, 2.24) is 24.7 Å². The van der Waals surface area contributed by atoms with E-state index < -0.39 is 0 Å². The van der Waals surface area contributed by atoms with Crippen molar-refractivity contribution in [3.63, 3.8) is 0 Å². The molecule has 0 aromatic carbocycles. The topological polar surface area (TPSA) is 97.1 Å². The SMILES string of the molecule is C[C@H]1CN(C[C@H](C#N)CCC#N)CCN1c1ccc2nncn2n1. The Morgan fingerprint density at radius 1 is 1.33 bits per heavy atom. The Kier molecular flexibility index (Phi) is 4.88. The highest BCUT2D eigenvalue weighted by Crippen LogP contribution is 2.19. The largest absolute Gasteiger partial charge is 0.350 e. The molecule has 1 fully saturated rings. The molecule has 2 aromatic heterocycles. The molecule has 0 radical (unpaired) electrons. The van der Waals surface area contributed by atoms with E-state index in [1.807, 2.05) is 12.1 Å². The molecule has 8 heteroatoms. The van der Waals surface area contributed by atoms with Crippen molar-refractivity contribution in [3.05, 3.63) is 18.5 Å². The first kappa shape index (κ1) is 16.2. The van der Waals surface area contributed by atoms with E-state index >= 15 is 0 Å². The summed E-state index contributed by atoms with van der Waals surface area (Å²) in [6.45, 7) is 5.52. The first-order valence-electron chi connectivity index (χ1n) is 8.14. The van der Waals surface area contributed by atoms with Gasteiger partial charge in [-0.2, -0.15) is 15.0 Å². The maximum atomic E-state index is 9.24. The Bertz CT molecular complexity index is 770. The molecule has 0 N–H and O–H groups in total. The van der Waals surface area contributed by atoms with Crippen LogP contribution in [0, 0.1) is 28.6 Å². The van der Waals surface area contributed by atoms with Gasteiger partial charge in [0.1, 0.15) is 12.1 Å². The lowest BCUT2D eigenvalue weighted by atomic mass is 10.0. The number of piperazine rings is 1. The summed E-state index contributed by atoms with van der Waals surface area (Å²) < 4.78 is 1.68. The zero-order valence-corrected chi connectivity index (χ0v) is 13.7. The number of nitriles is 2. The van der Waals surface area contributed by atoms with Crippen LogP contribution in [0.4, 0.5) is 5.82 Å². The molecule has 0 aliphatic carbocycles. The fourth-order valence-electron chi connectivity index (χ4n) is 3.16. The number of hydrogen-bond acceptors (Lipinski definition) is 7. The van der Waals surface area contributed by atoms with E-state index in [1.54, 1.807) is 10.8 Å². The minimum Gasteiger partial charge on any atom is -0.350 e. The van der Waals surface area contributed by atoms with E-state index in [0.717, 1.165) is 37.6 Å². The molecule has 1 aliphatic rings. The van der Waals surface area contributed by atoms with E-state index in [1.165, 1.54) is 0 Å². The zero-order valence-electron chi connectivity index (χ0n) is 13.7. The summed E-state index contributed by atoms with van der Waals surface area (Å²) in [5.74, 6) is 0.839. The first-order valence-corrected chi connectivity index (χ1v) is 8.14. The molecule has 2 atom stereocenters. The molecule has 8 nitrogen and oxygen atoms in total. The van der Waals surface area contributed by atoms with Crippen LogP contribution in [0.3, 0.4) is 0 Å². The summed E-state index contributed by atoms with van der Waals surface area (Å²) in [6, 6.07) is 8.64. The fraction of sp³-hybridized carbons (Fsp3) is 0.562. The summed E-state index contributed by atoms with van der Waals surface area (Å²) in [4.78, 5) is 4.58. The highest BCUT2D eigenvalue weighted by molar-refractivity contribution is 5.46. The van der Waals surface area contributed by atoms with Gasteiger partial charge in [-0.15, -0.1) is 15.3 Å². The highest BCUT2D eigenvalue weighted by Gasteiger charge is 2.26. The minimum atomic E-state index is -0.0742. The fourth-order valence-corrected chi connectivity index (χ4v) is 3.16. The summed E-state index contributed by atoms with van der Waals surface area (Å²) in [6.07, 6.45) is 2.69. The van der Waals surface area contributed by atoms with Gasteiger partial charge in [0.2, 0.25) is 0 Å². The lowest BCUT2D eigenvalue weighted by Crippen LogP contribution is -2.53. The van der Waals surface area contributed by atoms with Gasteiger partial charge in [-0.3, -0.25) is 4.90 Å². The molecule has 24 heavy (non-hydrogen) atoms. The third-order valence-electron chi connectivity index (χ3n) is 4.42. The molecule has 0 spiro atoms. The van der Waals surface area contributed by atoms with Crippen LogP contribution >= 0.6 is 0 Å². The molecular formula is C16H20N8. The normalized spacial score (nSPS) is 19.8. The van der Waals surface area contributed by atoms with Crippen LogP contribution in [0.25, 0.3) is 5.65 Å². The van der Waals surface area contributed by atoms with Gasteiger partial charge in [0.25, 0.3) is 0 Å². The molecule has 2 aromatic rings. The Hall–Kier alpha value is -2.71. The van der Waals surface area contributed by atoms with Gasteiger partial charge in [-0.05, 0) is 25.5 Å². The smallest absolute Gasteiger partial charge is 0.177 e. The third-order valence-corrected chi connectivity index (χ3v) is 4.42. The third kappa shape index (κ3) is 3.44. The Balaban J connectivity index is 1.62. The van der Waals surface area contributed by atoms with Gasteiger partial charge in [0.15, 0.2) is 5.65 Å². The Labute approximate surface area is 140 Å². The highest BCUT2D eigenvalue weighted by atomic mass is 15.4. The van der Waals surface area contributed by atoms with Gasteiger partial charge in [-0.1, -0.05) is 0 Å². The van der Waals surface area contributed by atoms with Gasteiger partial charge in [-0.25, -0.2) is 0 Å². The Morgan fingerprint density at radius 2 is 2.21 bits per heavy atom.